The van der Waals surface area contributed by atoms with Crippen LogP contribution in [0.4, 0.5) is 8.78 Å². The van der Waals surface area contributed by atoms with E-state index in [1.165, 1.54) is 17.0 Å². The molecule has 0 bridgehead atoms. The van der Waals surface area contributed by atoms with Gasteiger partial charge in [0.05, 0.1) is 5.38 Å². The minimum Gasteiger partial charge on any atom is -0.435 e. The molecule has 2 rings (SSSR count). The van der Waals surface area contributed by atoms with Crippen LogP contribution in [0, 0.1) is 0 Å². The highest BCUT2D eigenvalue weighted by Crippen LogP contribution is 2.38. The molecule has 0 saturated carbocycles. The summed E-state index contributed by atoms with van der Waals surface area (Å²) >= 11 is 8.15. The van der Waals surface area contributed by atoms with Crippen LogP contribution in [0.1, 0.15) is 41.5 Å². The molecule has 2 aromatic rings. The zero-order chi connectivity index (χ0) is 15.6. The van der Waals surface area contributed by atoms with Gasteiger partial charge < -0.3 is 4.74 Å². The zero-order valence-electron chi connectivity index (χ0n) is 12.1. The molecule has 0 spiro atoms. The Kier molecular flexibility index (Phi) is 4.89. The van der Waals surface area contributed by atoms with Gasteiger partial charge in [0.2, 0.25) is 0 Å². The second kappa shape index (κ2) is 6.32. The van der Waals surface area contributed by atoms with Gasteiger partial charge in [-0.2, -0.15) is 8.78 Å². The maximum atomic E-state index is 12.1. The van der Waals surface area contributed by atoms with E-state index in [2.05, 4.69) is 31.6 Å². The molecule has 0 N–H and O–H groups in total. The maximum Gasteiger partial charge on any atom is 0.387 e. The molecule has 0 aliphatic heterocycles. The molecule has 0 aliphatic carbocycles. The van der Waals surface area contributed by atoms with Gasteiger partial charge in [-0.1, -0.05) is 32.9 Å². The van der Waals surface area contributed by atoms with Crippen molar-refractivity contribution in [3.05, 3.63) is 51.7 Å². The summed E-state index contributed by atoms with van der Waals surface area (Å²) < 4.78 is 28.6. The van der Waals surface area contributed by atoms with Crippen LogP contribution in [-0.4, -0.2) is 6.61 Å². The summed E-state index contributed by atoms with van der Waals surface area (Å²) in [4.78, 5) is 2.31. The zero-order valence-corrected chi connectivity index (χ0v) is 13.6. The number of hydrogen-bond donors (Lipinski definition) is 0. The van der Waals surface area contributed by atoms with Crippen LogP contribution in [0.2, 0.25) is 0 Å². The SMILES string of the molecule is CC(C)(C)c1ccc(C(Cl)c2ccc(OC(F)F)cc2)s1. The highest BCUT2D eigenvalue weighted by Gasteiger charge is 2.19. The quantitative estimate of drug-likeness (QED) is 0.627. The third-order valence-electron chi connectivity index (χ3n) is 3.01. The number of thiophene rings is 1. The molecular formula is C16H17ClF2OS. The van der Waals surface area contributed by atoms with Crippen LogP contribution in [-0.2, 0) is 5.41 Å². The number of alkyl halides is 3. The average Bonchev–Trinajstić information content (AvgIpc) is 2.87. The van der Waals surface area contributed by atoms with Crippen LogP contribution in [0.25, 0.3) is 0 Å². The van der Waals surface area contributed by atoms with Gasteiger partial charge in [-0.3, -0.25) is 0 Å². The van der Waals surface area contributed by atoms with Crippen molar-refractivity contribution in [1.82, 2.24) is 0 Å². The first-order chi connectivity index (χ1) is 9.77. The summed E-state index contributed by atoms with van der Waals surface area (Å²) in [5.74, 6) is 0.138. The van der Waals surface area contributed by atoms with Gasteiger partial charge in [-0.15, -0.1) is 22.9 Å². The Hall–Kier alpha value is -1.13. The van der Waals surface area contributed by atoms with Crippen LogP contribution in [0.3, 0.4) is 0 Å². The number of rotatable bonds is 4. The normalized spacial score (nSPS) is 13.5. The van der Waals surface area contributed by atoms with E-state index in [-0.39, 0.29) is 16.5 Å². The van der Waals surface area contributed by atoms with E-state index in [9.17, 15) is 8.78 Å². The third kappa shape index (κ3) is 4.17. The van der Waals surface area contributed by atoms with Crippen molar-refractivity contribution in [2.24, 2.45) is 0 Å². The van der Waals surface area contributed by atoms with E-state index in [1.807, 2.05) is 6.07 Å². The van der Waals surface area contributed by atoms with Gasteiger partial charge in [0.1, 0.15) is 5.75 Å². The van der Waals surface area contributed by atoms with Crippen molar-refractivity contribution >= 4 is 22.9 Å². The monoisotopic (exact) mass is 330 g/mol. The van der Waals surface area contributed by atoms with Crippen molar-refractivity contribution in [3.8, 4) is 5.75 Å². The lowest BCUT2D eigenvalue weighted by Crippen LogP contribution is -2.07. The van der Waals surface area contributed by atoms with Crippen LogP contribution in [0.15, 0.2) is 36.4 Å². The van der Waals surface area contributed by atoms with E-state index >= 15 is 0 Å². The molecule has 0 radical (unpaired) electrons. The van der Waals surface area contributed by atoms with Gasteiger partial charge >= 0.3 is 6.61 Å². The summed E-state index contributed by atoms with van der Waals surface area (Å²) in [6.07, 6.45) is 0. The largest absolute Gasteiger partial charge is 0.435 e. The van der Waals surface area contributed by atoms with E-state index in [0.29, 0.717) is 0 Å². The third-order valence-corrected chi connectivity index (χ3v) is 5.21. The smallest absolute Gasteiger partial charge is 0.387 e. The molecule has 0 amide bonds. The highest BCUT2D eigenvalue weighted by atomic mass is 35.5. The molecule has 1 nitrogen and oxygen atoms in total. The van der Waals surface area contributed by atoms with Crippen molar-refractivity contribution in [2.75, 3.05) is 0 Å². The molecular weight excluding hydrogens is 314 g/mol. The second-order valence-electron chi connectivity index (χ2n) is 5.76. The minimum atomic E-state index is -2.81. The predicted molar refractivity (Wildman–Crippen MR) is 83.8 cm³/mol. The van der Waals surface area contributed by atoms with Gasteiger partial charge in [0, 0.05) is 9.75 Å². The lowest BCUT2D eigenvalue weighted by molar-refractivity contribution is -0.0498. The molecule has 1 heterocycles. The summed E-state index contributed by atoms with van der Waals surface area (Å²) in [7, 11) is 0. The Balaban J connectivity index is 2.16. The molecule has 1 unspecified atom stereocenters. The standard InChI is InChI=1S/C16H17ClF2OS/c1-16(2,3)13-9-8-12(21-13)14(17)10-4-6-11(7-5-10)20-15(18)19/h4-9,14-15H,1-3H3. The van der Waals surface area contributed by atoms with Crippen LogP contribution >= 0.6 is 22.9 Å². The van der Waals surface area contributed by atoms with E-state index in [1.54, 1.807) is 23.5 Å². The van der Waals surface area contributed by atoms with E-state index in [0.717, 1.165) is 10.4 Å². The molecule has 1 atom stereocenters. The number of hydrogen-bond acceptors (Lipinski definition) is 2. The molecule has 5 heteroatoms. The Labute approximate surface area is 132 Å². The Morgan fingerprint density at radius 2 is 1.67 bits per heavy atom. The fourth-order valence-corrected chi connectivity index (χ4v) is 3.30. The van der Waals surface area contributed by atoms with Crippen molar-refractivity contribution in [3.63, 3.8) is 0 Å². The fourth-order valence-electron chi connectivity index (χ4n) is 1.87. The van der Waals surface area contributed by atoms with Gasteiger partial charge in [-0.25, -0.2) is 0 Å². The lowest BCUT2D eigenvalue weighted by Gasteiger charge is -2.15. The van der Waals surface area contributed by atoms with Gasteiger partial charge in [0.25, 0.3) is 0 Å². The summed E-state index contributed by atoms with van der Waals surface area (Å²) in [5, 5.41) is -0.285. The lowest BCUT2D eigenvalue weighted by atomic mass is 9.95. The molecule has 0 aliphatic rings. The molecule has 1 aromatic heterocycles. The molecule has 114 valence electrons. The summed E-state index contributed by atoms with van der Waals surface area (Å²) in [5.41, 5.74) is 0.953. The van der Waals surface area contributed by atoms with E-state index in [4.69, 9.17) is 11.6 Å². The van der Waals surface area contributed by atoms with Crippen LogP contribution < -0.4 is 4.74 Å². The molecule has 21 heavy (non-hydrogen) atoms. The first-order valence-electron chi connectivity index (χ1n) is 6.56. The van der Waals surface area contributed by atoms with Crippen molar-refractivity contribution < 1.29 is 13.5 Å². The fraction of sp³-hybridized carbons (Fsp3) is 0.375. The van der Waals surface area contributed by atoms with Gasteiger partial charge in [0.15, 0.2) is 0 Å². The topological polar surface area (TPSA) is 9.23 Å². The van der Waals surface area contributed by atoms with Crippen LogP contribution in [0.5, 0.6) is 5.75 Å². The van der Waals surface area contributed by atoms with Crippen molar-refractivity contribution in [1.29, 1.82) is 0 Å². The Morgan fingerprint density at radius 1 is 1.05 bits per heavy atom. The molecule has 0 fully saturated rings. The minimum absolute atomic E-state index is 0.0918. The molecule has 1 aromatic carbocycles. The number of benzene rings is 1. The predicted octanol–water partition coefficient (Wildman–Crippen LogP) is 5.98. The Bertz CT molecular complexity index is 587. The summed E-state index contributed by atoms with van der Waals surface area (Å²) in [6.45, 7) is 3.65. The first-order valence-corrected chi connectivity index (χ1v) is 7.82. The first kappa shape index (κ1) is 16.2. The molecule has 0 saturated heterocycles. The van der Waals surface area contributed by atoms with E-state index < -0.39 is 6.61 Å². The van der Waals surface area contributed by atoms with Crippen molar-refractivity contribution in [2.45, 2.75) is 38.2 Å². The number of halogens is 3. The maximum absolute atomic E-state index is 12.1. The average molecular weight is 331 g/mol. The van der Waals surface area contributed by atoms with Gasteiger partial charge in [-0.05, 0) is 35.2 Å². The summed E-state index contributed by atoms with van der Waals surface area (Å²) in [6, 6.07) is 10.6. The Morgan fingerprint density at radius 3 is 2.14 bits per heavy atom. The second-order valence-corrected chi connectivity index (χ2v) is 7.31. The highest BCUT2D eigenvalue weighted by molar-refractivity contribution is 7.12. The number of ether oxygens (including phenoxy) is 1.